The molecule has 0 aliphatic heterocycles. The highest BCUT2D eigenvalue weighted by molar-refractivity contribution is 7.89. The first-order valence-electron chi connectivity index (χ1n) is 11.8. The summed E-state index contributed by atoms with van der Waals surface area (Å²) in [6.07, 6.45) is 3.45. The Labute approximate surface area is 217 Å². The summed E-state index contributed by atoms with van der Waals surface area (Å²) in [5.41, 5.74) is -0.475. The van der Waals surface area contributed by atoms with Crippen LogP contribution in [0.4, 0.5) is 4.79 Å². The summed E-state index contributed by atoms with van der Waals surface area (Å²) in [6, 6.07) is 14.3. The maximum Gasteiger partial charge on any atom is 0.409 e. The number of phenols is 1. The number of rotatable bonds is 12. The van der Waals surface area contributed by atoms with Crippen LogP contribution in [-0.4, -0.2) is 57.8 Å². The standard InChI is InChI=1S/C26H32N4O6S/c1-20(2)17-30(37(34,35)24-10-8-23(31)9-11-24)13-12-26(33,14-21-6-4-3-5-7-21)29-25(32)36-18-22-15-27-19-28-16-22/h3-11,15-16,19-20,31,33H,12-14,17-18H2,1-2H3,(H,29,32). The van der Waals surface area contributed by atoms with Gasteiger partial charge in [0.25, 0.3) is 0 Å². The van der Waals surface area contributed by atoms with E-state index in [-0.39, 0.29) is 49.1 Å². The molecule has 3 aromatic rings. The lowest BCUT2D eigenvalue weighted by Crippen LogP contribution is -2.52. The van der Waals surface area contributed by atoms with Gasteiger partial charge in [0.15, 0.2) is 0 Å². The maximum absolute atomic E-state index is 13.4. The van der Waals surface area contributed by atoms with Crippen LogP contribution in [0.3, 0.4) is 0 Å². The van der Waals surface area contributed by atoms with Crippen molar-refractivity contribution < 1.29 is 28.2 Å². The first-order valence-corrected chi connectivity index (χ1v) is 13.3. The Bertz CT molecular complexity index is 1240. The highest BCUT2D eigenvalue weighted by Gasteiger charge is 2.34. The van der Waals surface area contributed by atoms with Crippen LogP contribution in [0.2, 0.25) is 0 Å². The van der Waals surface area contributed by atoms with Gasteiger partial charge >= 0.3 is 6.09 Å². The van der Waals surface area contributed by atoms with Crippen LogP contribution in [0.5, 0.6) is 5.75 Å². The van der Waals surface area contributed by atoms with Gasteiger partial charge < -0.3 is 14.9 Å². The molecule has 0 fully saturated rings. The SMILES string of the molecule is CC(C)CN(CCC(O)(Cc1ccccc1)NC(=O)OCc1cncnc1)S(=O)(=O)c1ccc(O)cc1. The third-order valence-corrected chi connectivity index (χ3v) is 7.36. The fourth-order valence-electron chi connectivity index (χ4n) is 3.70. The lowest BCUT2D eigenvalue weighted by molar-refractivity contribution is -0.00774. The first-order chi connectivity index (χ1) is 17.6. The summed E-state index contributed by atoms with van der Waals surface area (Å²) >= 11 is 0. The summed E-state index contributed by atoms with van der Waals surface area (Å²) < 4.78 is 33.3. The third-order valence-electron chi connectivity index (χ3n) is 5.48. The zero-order chi connectivity index (χ0) is 26.9. The number of sulfonamides is 1. The summed E-state index contributed by atoms with van der Waals surface area (Å²) in [6.45, 7) is 3.81. The molecular weight excluding hydrogens is 496 g/mol. The fourth-order valence-corrected chi connectivity index (χ4v) is 5.31. The van der Waals surface area contributed by atoms with Crippen LogP contribution >= 0.6 is 0 Å². The second-order valence-electron chi connectivity index (χ2n) is 9.14. The normalized spacial score (nSPS) is 13.3. The van der Waals surface area contributed by atoms with Gasteiger partial charge in [-0.15, -0.1) is 0 Å². The van der Waals surface area contributed by atoms with Crippen molar-refractivity contribution in [2.45, 2.75) is 43.9 Å². The quantitative estimate of drug-likeness (QED) is 0.305. The van der Waals surface area contributed by atoms with Gasteiger partial charge in [0.1, 0.15) is 24.4 Å². The van der Waals surface area contributed by atoms with E-state index >= 15 is 0 Å². The van der Waals surface area contributed by atoms with Crippen molar-refractivity contribution in [3.05, 3.63) is 84.4 Å². The molecule has 1 amide bonds. The number of ether oxygens (including phenoxy) is 1. The Balaban J connectivity index is 1.79. The van der Waals surface area contributed by atoms with E-state index < -0.39 is 21.8 Å². The Morgan fingerprint density at radius 1 is 1.05 bits per heavy atom. The minimum atomic E-state index is -3.93. The average Bonchev–Trinajstić information content (AvgIpc) is 2.86. The van der Waals surface area contributed by atoms with Gasteiger partial charge in [-0.3, -0.25) is 5.32 Å². The minimum Gasteiger partial charge on any atom is -0.508 e. The average molecular weight is 529 g/mol. The largest absolute Gasteiger partial charge is 0.508 e. The van der Waals surface area contributed by atoms with Gasteiger partial charge in [0, 0.05) is 43.9 Å². The summed E-state index contributed by atoms with van der Waals surface area (Å²) in [5, 5.41) is 23.6. The number of aromatic nitrogens is 2. The molecule has 198 valence electrons. The van der Waals surface area contributed by atoms with E-state index in [1.807, 2.05) is 32.0 Å². The number of hydrogen-bond donors (Lipinski definition) is 3. The van der Waals surface area contributed by atoms with Crippen LogP contribution < -0.4 is 5.32 Å². The summed E-state index contributed by atoms with van der Waals surface area (Å²) in [5.74, 6) is -0.0449. The van der Waals surface area contributed by atoms with Crippen LogP contribution in [0.25, 0.3) is 0 Å². The van der Waals surface area contributed by atoms with E-state index in [9.17, 15) is 23.4 Å². The molecule has 0 radical (unpaired) electrons. The lowest BCUT2D eigenvalue weighted by atomic mass is 9.99. The van der Waals surface area contributed by atoms with Gasteiger partial charge in [-0.05, 0) is 35.7 Å². The van der Waals surface area contributed by atoms with Crippen molar-refractivity contribution in [2.24, 2.45) is 5.92 Å². The molecule has 1 atom stereocenters. The number of carbonyl (C=O) groups is 1. The number of amides is 1. The monoisotopic (exact) mass is 528 g/mol. The molecule has 10 nitrogen and oxygen atoms in total. The molecule has 1 heterocycles. The van der Waals surface area contributed by atoms with Crippen LogP contribution in [-0.2, 0) is 27.8 Å². The molecule has 1 aromatic heterocycles. The zero-order valence-electron chi connectivity index (χ0n) is 20.8. The number of aromatic hydroxyl groups is 1. The second kappa shape index (κ2) is 12.6. The Morgan fingerprint density at radius 2 is 1.70 bits per heavy atom. The molecule has 0 saturated heterocycles. The molecule has 0 bridgehead atoms. The molecule has 37 heavy (non-hydrogen) atoms. The van der Waals surface area contributed by atoms with E-state index in [0.717, 1.165) is 5.56 Å². The predicted molar refractivity (Wildman–Crippen MR) is 137 cm³/mol. The molecule has 3 N–H and O–H groups in total. The lowest BCUT2D eigenvalue weighted by Gasteiger charge is -2.32. The molecular formula is C26H32N4O6S. The number of aliphatic hydroxyl groups is 1. The highest BCUT2D eigenvalue weighted by atomic mass is 32.2. The van der Waals surface area contributed by atoms with Crippen molar-refractivity contribution in [1.29, 1.82) is 0 Å². The molecule has 0 spiro atoms. The van der Waals surface area contributed by atoms with Crippen LogP contribution in [0.15, 0.2) is 78.2 Å². The van der Waals surface area contributed by atoms with Crippen molar-refractivity contribution in [2.75, 3.05) is 13.1 Å². The van der Waals surface area contributed by atoms with Gasteiger partial charge in [0.2, 0.25) is 10.0 Å². The number of alkyl carbamates (subject to hydrolysis) is 1. The topological polar surface area (TPSA) is 142 Å². The molecule has 0 aliphatic carbocycles. The summed E-state index contributed by atoms with van der Waals surface area (Å²) in [7, 11) is -3.93. The van der Waals surface area contributed by atoms with Crippen LogP contribution in [0, 0.1) is 5.92 Å². The maximum atomic E-state index is 13.4. The predicted octanol–water partition coefficient (Wildman–Crippen LogP) is 3.08. The van der Waals surface area contributed by atoms with Crippen LogP contribution in [0.1, 0.15) is 31.4 Å². The van der Waals surface area contributed by atoms with E-state index in [0.29, 0.717) is 5.56 Å². The van der Waals surface area contributed by atoms with Crippen molar-refractivity contribution in [1.82, 2.24) is 19.6 Å². The molecule has 0 aliphatic rings. The third kappa shape index (κ3) is 8.52. The van der Waals surface area contributed by atoms with Crippen molar-refractivity contribution in [3.63, 3.8) is 0 Å². The number of hydrogen-bond acceptors (Lipinski definition) is 8. The van der Waals surface area contributed by atoms with E-state index in [1.165, 1.54) is 47.3 Å². The molecule has 2 aromatic carbocycles. The molecule has 11 heteroatoms. The number of nitrogens with zero attached hydrogens (tertiary/aromatic N) is 3. The Hall–Kier alpha value is -3.54. The summed E-state index contributed by atoms with van der Waals surface area (Å²) in [4.78, 5) is 20.4. The zero-order valence-corrected chi connectivity index (χ0v) is 21.6. The fraction of sp³-hybridized carbons (Fsp3) is 0.346. The molecule has 1 unspecified atom stereocenters. The van der Waals surface area contributed by atoms with Crippen molar-refractivity contribution in [3.8, 4) is 5.75 Å². The number of nitrogens with one attached hydrogen (secondary N) is 1. The molecule has 0 saturated carbocycles. The van der Waals surface area contributed by atoms with E-state index in [2.05, 4.69) is 15.3 Å². The highest BCUT2D eigenvalue weighted by Crippen LogP contribution is 2.23. The van der Waals surface area contributed by atoms with E-state index in [4.69, 9.17) is 4.74 Å². The smallest absolute Gasteiger partial charge is 0.409 e. The van der Waals surface area contributed by atoms with Crippen molar-refractivity contribution >= 4 is 16.1 Å². The number of benzene rings is 2. The first kappa shape index (κ1) is 28.0. The van der Waals surface area contributed by atoms with Gasteiger partial charge in [-0.25, -0.2) is 23.2 Å². The van der Waals surface area contributed by atoms with Gasteiger partial charge in [0.05, 0.1) is 4.90 Å². The minimum absolute atomic E-state index is 0.000113. The Kier molecular flexibility index (Phi) is 9.56. The second-order valence-corrected chi connectivity index (χ2v) is 11.1. The number of phenolic OH excluding ortho intramolecular Hbond substituents is 1. The molecule has 3 rings (SSSR count). The number of carbonyl (C=O) groups excluding carboxylic acids is 1. The van der Waals surface area contributed by atoms with Gasteiger partial charge in [-0.2, -0.15) is 4.31 Å². The van der Waals surface area contributed by atoms with Gasteiger partial charge in [-0.1, -0.05) is 44.2 Å². The Morgan fingerprint density at radius 3 is 2.32 bits per heavy atom. The van der Waals surface area contributed by atoms with E-state index in [1.54, 1.807) is 12.1 Å².